The van der Waals surface area contributed by atoms with E-state index in [1.165, 1.54) is 46.9 Å². The summed E-state index contributed by atoms with van der Waals surface area (Å²) in [6, 6.07) is 28.3. The third-order valence-electron chi connectivity index (χ3n) is 7.22. The Morgan fingerprint density at radius 3 is 1.65 bits per heavy atom. The summed E-state index contributed by atoms with van der Waals surface area (Å²) in [5.74, 6) is 1.05. The van der Waals surface area contributed by atoms with E-state index in [0.29, 0.717) is 49.7 Å². The number of nitrogens with one attached hydrogen (secondary N) is 2. The number of rotatable bonds is 14. The van der Waals surface area contributed by atoms with Gasteiger partial charge in [-0.05, 0) is 97.1 Å². The highest BCUT2D eigenvalue weighted by atomic mass is 35.5. The SMILES string of the molecule is O=C(CCSc1ccc(Cl)cc1)Nc1nc(-c2ccc(Oc3ccc(-c4csc(NC(=O)CCS(=O)(=O)c5ccc(Cl)cc5)n4)cc3)cc2)cs1. The molecule has 0 fully saturated rings. The number of thiazole rings is 2. The van der Waals surface area contributed by atoms with Crippen molar-refractivity contribution in [2.24, 2.45) is 0 Å². The quantitative estimate of drug-likeness (QED) is 0.104. The summed E-state index contributed by atoms with van der Waals surface area (Å²) in [6.45, 7) is 0. The Labute approximate surface area is 317 Å². The van der Waals surface area contributed by atoms with Gasteiger partial charge in [0.25, 0.3) is 0 Å². The van der Waals surface area contributed by atoms with E-state index in [4.69, 9.17) is 27.9 Å². The number of sulfone groups is 1. The fourth-order valence-electron chi connectivity index (χ4n) is 4.59. The van der Waals surface area contributed by atoms with Gasteiger partial charge in [0.15, 0.2) is 20.1 Å². The molecule has 0 bridgehead atoms. The Morgan fingerprint density at radius 2 is 1.14 bits per heavy atom. The van der Waals surface area contributed by atoms with Crippen LogP contribution in [0.2, 0.25) is 10.0 Å². The lowest BCUT2D eigenvalue weighted by Gasteiger charge is -2.07. The number of amides is 2. The zero-order chi connectivity index (χ0) is 35.8. The molecule has 0 aliphatic heterocycles. The van der Waals surface area contributed by atoms with Gasteiger partial charge in [-0.2, -0.15) is 0 Å². The van der Waals surface area contributed by atoms with Crippen molar-refractivity contribution >= 4 is 89.6 Å². The highest BCUT2D eigenvalue weighted by molar-refractivity contribution is 7.99. The maximum atomic E-state index is 12.5. The van der Waals surface area contributed by atoms with E-state index in [2.05, 4.69) is 20.6 Å². The average molecular weight is 796 g/mol. The molecule has 0 unspecified atom stereocenters. The van der Waals surface area contributed by atoms with E-state index in [-0.39, 0.29) is 23.0 Å². The van der Waals surface area contributed by atoms with Crippen molar-refractivity contribution in [2.45, 2.75) is 22.6 Å². The number of ether oxygens (including phenoxy) is 1. The molecule has 0 saturated heterocycles. The van der Waals surface area contributed by atoms with Gasteiger partial charge in [-0.25, -0.2) is 18.4 Å². The summed E-state index contributed by atoms with van der Waals surface area (Å²) in [7, 11) is -3.62. The van der Waals surface area contributed by atoms with Crippen LogP contribution >= 0.6 is 57.6 Å². The van der Waals surface area contributed by atoms with Crippen molar-refractivity contribution < 1.29 is 22.7 Å². The Balaban J connectivity index is 0.959. The molecule has 51 heavy (non-hydrogen) atoms. The van der Waals surface area contributed by atoms with Gasteiger partial charge in [0.05, 0.1) is 22.0 Å². The zero-order valence-corrected chi connectivity index (χ0v) is 31.3. The molecule has 0 aliphatic rings. The van der Waals surface area contributed by atoms with Gasteiger partial charge in [-0.15, -0.1) is 34.4 Å². The van der Waals surface area contributed by atoms with Crippen LogP contribution in [0.3, 0.4) is 0 Å². The maximum absolute atomic E-state index is 12.5. The van der Waals surface area contributed by atoms with Gasteiger partial charge >= 0.3 is 0 Å². The van der Waals surface area contributed by atoms with E-state index in [1.54, 1.807) is 11.8 Å². The molecular weight excluding hydrogens is 768 g/mol. The number of anilines is 2. The lowest BCUT2D eigenvalue weighted by atomic mass is 10.1. The second-order valence-electron chi connectivity index (χ2n) is 10.9. The molecule has 15 heteroatoms. The number of nitrogens with zero attached hydrogens (tertiary/aromatic N) is 2. The Bertz CT molecular complexity index is 2230. The number of hydrogen-bond acceptors (Lipinski definition) is 10. The fraction of sp³-hybridized carbons (Fsp3) is 0.111. The molecule has 6 aromatic rings. The minimum Gasteiger partial charge on any atom is -0.457 e. The molecule has 6 rings (SSSR count). The third-order valence-corrected chi connectivity index (χ3v) is 12.0. The smallest absolute Gasteiger partial charge is 0.227 e. The van der Waals surface area contributed by atoms with Crippen LogP contribution in [0.25, 0.3) is 22.5 Å². The van der Waals surface area contributed by atoms with Gasteiger partial charge < -0.3 is 15.4 Å². The van der Waals surface area contributed by atoms with Crippen molar-refractivity contribution in [1.82, 2.24) is 9.97 Å². The normalized spacial score (nSPS) is 11.3. The molecule has 2 heterocycles. The first-order chi connectivity index (χ1) is 24.6. The highest BCUT2D eigenvalue weighted by Gasteiger charge is 2.17. The van der Waals surface area contributed by atoms with Crippen LogP contribution in [-0.2, 0) is 19.4 Å². The van der Waals surface area contributed by atoms with Crippen LogP contribution in [0, 0.1) is 0 Å². The van der Waals surface area contributed by atoms with Crippen LogP contribution in [0.4, 0.5) is 10.3 Å². The molecule has 0 atom stereocenters. The molecular formula is C36H28Cl2N4O5S4. The Kier molecular flexibility index (Phi) is 12.1. The maximum Gasteiger partial charge on any atom is 0.227 e. The second kappa shape index (κ2) is 16.9. The van der Waals surface area contributed by atoms with Gasteiger partial charge in [0.2, 0.25) is 11.8 Å². The van der Waals surface area contributed by atoms with Crippen LogP contribution in [0.1, 0.15) is 12.8 Å². The van der Waals surface area contributed by atoms with Gasteiger partial charge in [0.1, 0.15) is 11.5 Å². The molecule has 2 amide bonds. The van der Waals surface area contributed by atoms with Crippen molar-refractivity contribution in [3.05, 3.63) is 118 Å². The topological polar surface area (TPSA) is 127 Å². The summed E-state index contributed by atoms with van der Waals surface area (Å²) >= 11 is 16.0. The lowest BCUT2D eigenvalue weighted by molar-refractivity contribution is -0.116. The van der Waals surface area contributed by atoms with Gasteiger partial charge in [-0.1, -0.05) is 23.2 Å². The number of carbonyl (C=O) groups excluding carboxylic acids is 2. The Morgan fingerprint density at radius 1 is 0.667 bits per heavy atom. The molecule has 0 saturated carbocycles. The largest absolute Gasteiger partial charge is 0.457 e. The summed E-state index contributed by atoms with van der Waals surface area (Å²) in [5.41, 5.74) is 3.13. The zero-order valence-electron chi connectivity index (χ0n) is 26.5. The number of hydrogen-bond donors (Lipinski definition) is 2. The minimum atomic E-state index is -3.62. The monoisotopic (exact) mass is 794 g/mol. The van der Waals surface area contributed by atoms with Crippen molar-refractivity contribution in [1.29, 1.82) is 0 Å². The molecule has 0 aliphatic carbocycles. The Hall–Kier alpha value is -4.24. The van der Waals surface area contributed by atoms with Crippen LogP contribution in [0.5, 0.6) is 11.5 Å². The number of thioether (sulfide) groups is 1. The second-order valence-corrected chi connectivity index (χ2v) is 16.8. The average Bonchev–Trinajstić information content (AvgIpc) is 3.79. The molecule has 0 radical (unpaired) electrons. The molecule has 0 spiro atoms. The summed E-state index contributed by atoms with van der Waals surface area (Å²) < 4.78 is 31.1. The summed E-state index contributed by atoms with van der Waals surface area (Å²) in [4.78, 5) is 35.1. The van der Waals surface area contributed by atoms with Crippen molar-refractivity contribution in [2.75, 3.05) is 22.1 Å². The van der Waals surface area contributed by atoms with Crippen LogP contribution in [-0.4, -0.2) is 41.7 Å². The van der Waals surface area contributed by atoms with Gasteiger partial charge in [-0.3, -0.25) is 9.59 Å². The van der Waals surface area contributed by atoms with Crippen molar-refractivity contribution in [3.63, 3.8) is 0 Å². The van der Waals surface area contributed by atoms with E-state index in [0.717, 1.165) is 21.7 Å². The predicted octanol–water partition coefficient (Wildman–Crippen LogP) is 9.96. The first-order valence-electron chi connectivity index (χ1n) is 15.4. The molecule has 4 aromatic carbocycles. The number of carbonyl (C=O) groups is 2. The van der Waals surface area contributed by atoms with Crippen LogP contribution in [0.15, 0.2) is 118 Å². The molecule has 2 N–H and O–H groups in total. The summed E-state index contributed by atoms with van der Waals surface area (Å²) in [6.07, 6.45) is 0.156. The first-order valence-corrected chi connectivity index (χ1v) is 20.5. The molecule has 2 aromatic heterocycles. The molecule has 260 valence electrons. The lowest BCUT2D eigenvalue weighted by Crippen LogP contribution is -2.17. The van der Waals surface area contributed by atoms with E-state index < -0.39 is 15.7 Å². The van der Waals surface area contributed by atoms with Crippen LogP contribution < -0.4 is 15.4 Å². The molecule has 9 nitrogen and oxygen atoms in total. The standard InChI is InChI=1S/C36H28Cl2N4O5S4/c37-25-5-13-29(14-6-25)48-19-17-33(43)41-35-39-31(21-49-35)23-1-9-27(10-2-23)47-28-11-3-24(4-12-28)32-22-50-36(40-32)42-34(44)18-20-51(45,46)30-15-7-26(38)8-16-30/h1-16,21-22H,17-20H2,(H,39,41,43)(H,40,42,44). The number of aromatic nitrogens is 2. The number of benzene rings is 4. The van der Waals surface area contributed by atoms with E-state index in [9.17, 15) is 18.0 Å². The van der Waals surface area contributed by atoms with Crippen molar-refractivity contribution in [3.8, 4) is 34.0 Å². The number of halogens is 2. The van der Waals surface area contributed by atoms with Gasteiger partial charge in [0, 0.05) is 55.4 Å². The minimum absolute atomic E-state index is 0.0919. The first kappa shape index (κ1) is 36.5. The third kappa shape index (κ3) is 10.4. The predicted molar refractivity (Wildman–Crippen MR) is 207 cm³/mol. The highest BCUT2D eigenvalue weighted by Crippen LogP contribution is 2.31. The van der Waals surface area contributed by atoms with E-state index in [1.807, 2.05) is 83.6 Å². The fourth-order valence-corrected chi connectivity index (χ4v) is 8.41. The summed E-state index contributed by atoms with van der Waals surface area (Å²) in [5, 5.41) is 11.3. The van der Waals surface area contributed by atoms with E-state index >= 15 is 0 Å².